The quantitative estimate of drug-likeness (QED) is 0.254. The molecule has 0 aliphatic carbocycles. The first-order valence-electron chi connectivity index (χ1n) is 9.81. The summed E-state index contributed by atoms with van der Waals surface area (Å²) in [6.45, 7) is 2.96. The number of aromatic nitrogens is 4. The summed E-state index contributed by atoms with van der Waals surface area (Å²) in [5.41, 5.74) is -0.167. The first kappa shape index (κ1) is 20.5. The molecule has 2 aromatic heterocycles. The van der Waals surface area contributed by atoms with Gasteiger partial charge in [-0.3, -0.25) is 14.2 Å². The minimum Gasteiger partial charge on any atom is -0.389 e. The normalized spacial score (nSPS) is 14.3. The fraction of sp³-hybridized carbons (Fsp3) is 0.400. The number of anilines is 1. The summed E-state index contributed by atoms with van der Waals surface area (Å²) in [6.07, 6.45) is 1.58. The van der Waals surface area contributed by atoms with Crippen molar-refractivity contribution in [3.63, 3.8) is 0 Å². The van der Waals surface area contributed by atoms with Crippen LogP contribution in [0.4, 0.5) is 10.2 Å². The van der Waals surface area contributed by atoms with Crippen LogP contribution < -0.4 is 16.0 Å². The lowest BCUT2D eigenvalue weighted by molar-refractivity contribution is 0.141. The molecule has 1 aliphatic heterocycles. The van der Waals surface area contributed by atoms with Crippen LogP contribution in [0.1, 0.15) is 25.3 Å². The first-order valence-corrected chi connectivity index (χ1v) is 10.8. The second-order valence-electron chi connectivity index (χ2n) is 7.26. The van der Waals surface area contributed by atoms with Crippen molar-refractivity contribution in [2.24, 2.45) is 0 Å². The Kier molecular flexibility index (Phi) is 5.87. The predicted molar refractivity (Wildman–Crippen MR) is 114 cm³/mol. The van der Waals surface area contributed by atoms with Gasteiger partial charge in [-0.15, -0.1) is 0 Å². The molecule has 3 heterocycles. The second kappa shape index (κ2) is 8.57. The van der Waals surface area contributed by atoms with Gasteiger partial charge in [-0.25, -0.2) is 14.4 Å². The molecular formula is C20H22FN5O3S. The van der Waals surface area contributed by atoms with Crippen molar-refractivity contribution in [2.75, 3.05) is 23.7 Å². The summed E-state index contributed by atoms with van der Waals surface area (Å²) in [6, 6.07) is 5.76. The van der Waals surface area contributed by atoms with Gasteiger partial charge in [0, 0.05) is 18.8 Å². The fourth-order valence-corrected chi connectivity index (χ4v) is 4.18. The van der Waals surface area contributed by atoms with Gasteiger partial charge in [0.15, 0.2) is 16.6 Å². The number of aliphatic hydroxyl groups excluding tert-OH is 1. The molecule has 1 aromatic carbocycles. The number of nitrogens with zero attached hydrogens (tertiary/aromatic N) is 4. The van der Waals surface area contributed by atoms with Crippen LogP contribution in [0, 0.1) is 5.82 Å². The number of hydrogen-bond acceptors (Lipinski definition) is 7. The molecular weight excluding hydrogens is 409 g/mol. The van der Waals surface area contributed by atoms with Crippen molar-refractivity contribution in [1.29, 1.82) is 0 Å². The molecule has 1 saturated heterocycles. The summed E-state index contributed by atoms with van der Waals surface area (Å²) in [5.74, 6) is 0.946. The maximum absolute atomic E-state index is 13.3. The van der Waals surface area contributed by atoms with Crippen molar-refractivity contribution in [2.45, 2.75) is 37.6 Å². The molecule has 1 fully saturated rings. The van der Waals surface area contributed by atoms with E-state index in [-0.39, 0.29) is 12.4 Å². The van der Waals surface area contributed by atoms with Gasteiger partial charge in [0.25, 0.3) is 0 Å². The molecule has 0 unspecified atom stereocenters. The molecule has 10 heteroatoms. The number of β-amino-alcohol motifs (C(OH)–C–C–N with tert-alkyl or cyclic N) is 1. The third-order valence-corrected chi connectivity index (χ3v) is 5.86. The Morgan fingerprint density at radius 1 is 1.23 bits per heavy atom. The number of thioether (sulfide) groups is 1. The van der Waals surface area contributed by atoms with Crippen LogP contribution in [0.15, 0.2) is 39.0 Å². The number of fused-ring (bicyclic) bond motifs is 1. The Hall–Kier alpha value is -2.72. The van der Waals surface area contributed by atoms with Crippen LogP contribution in [-0.4, -0.2) is 49.6 Å². The standard InChI is InChI=1S/C20H22FN5O3S/c1-2-3-8-30-20-23-16(25-10-14(27)11-25)15-17(24-20)26(19(29)18(28)22-15)9-12-4-6-13(21)7-5-12/h4-7,14,27H,2-3,8-11H2,1H3,(H,22,28). The third-order valence-electron chi connectivity index (χ3n) is 4.93. The highest BCUT2D eigenvalue weighted by Gasteiger charge is 2.29. The van der Waals surface area contributed by atoms with E-state index in [9.17, 15) is 19.1 Å². The largest absolute Gasteiger partial charge is 0.389 e. The van der Waals surface area contributed by atoms with Gasteiger partial charge in [0.2, 0.25) is 0 Å². The van der Waals surface area contributed by atoms with Crippen molar-refractivity contribution in [3.05, 3.63) is 56.4 Å². The molecule has 0 amide bonds. The van der Waals surface area contributed by atoms with Crippen LogP contribution in [0.2, 0.25) is 0 Å². The maximum atomic E-state index is 13.3. The highest BCUT2D eigenvalue weighted by atomic mass is 32.2. The number of hydrogen-bond donors (Lipinski definition) is 2. The van der Waals surface area contributed by atoms with E-state index in [2.05, 4.69) is 21.9 Å². The Balaban J connectivity index is 1.86. The summed E-state index contributed by atoms with van der Waals surface area (Å²) < 4.78 is 14.6. The Morgan fingerprint density at radius 3 is 2.63 bits per heavy atom. The van der Waals surface area contributed by atoms with E-state index in [1.54, 1.807) is 12.1 Å². The van der Waals surface area contributed by atoms with Crippen molar-refractivity contribution in [1.82, 2.24) is 19.5 Å². The van der Waals surface area contributed by atoms with E-state index in [1.165, 1.54) is 28.5 Å². The molecule has 0 bridgehead atoms. The first-order chi connectivity index (χ1) is 14.5. The lowest BCUT2D eigenvalue weighted by Crippen LogP contribution is -2.51. The molecule has 4 rings (SSSR count). The van der Waals surface area contributed by atoms with Crippen LogP contribution >= 0.6 is 11.8 Å². The average Bonchev–Trinajstić information content (AvgIpc) is 2.71. The fourth-order valence-electron chi connectivity index (χ4n) is 3.26. The van der Waals surface area contributed by atoms with Crippen molar-refractivity contribution in [3.8, 4) is 0 Å². The minimum absolute atomic E-state index is 0.0810. The molecule has 0 spiro atoms. The number of aromatic amines is 1. The number of nitrogens with one attached hydrogen (secondary N) is 1. The van der Waals surface area contributed by atoms with Gasteiger partial charge < -0.3 is 15.0 Å². The van der Waals surface area contributed by atoms with E-state index in [1.807, 2.05) is 4.90 Å². The molecule has 1 aliphatic rings. The molecule has 3 aromatic rings. The number of rotatable bonds is 7. The zero-order valence-corrected chi connectivity index (χ0v) is 17.3. The Labute approximate surface area is 175 Å². The van der Waals surface area contributed by atoms with E-state index < -0.39 is 17.2 Å². The van der Waals surface area contributed by atoms with Crippen molar-refractivity contribution < 1.29 is 9.50 Å². The average molecular weight is 431 g/mol. The summed E-state index contributed by atoms with van der Waals surface area (Å²) in [7, 11) is 0. The number of halogens is 1. The summed E-state index contributed by atoms with van der Waals surface area (Å²) >= 11 is 1.49. The monoisotopic (exact) mass is 431 g/mol. The van der Waals surface area contributed by atoms with Crippen molar-refractivity contribution >= 4 is 28.7 Å². The molecule has 0 radical (unpaired) electrons. The summed E-state index contributed by atoms with van der Waals surface area (Å²) in [4.78, 5) is 38.6. The number of unbranched alkanes of at least 4 members (excludes halogenated alkanes) is 1. The number of aliphatic hydroxyl groups is 1. The molecule has 158 valence electrons. The second-order valence-corrected chi connectivity index (χ2v) is 8.32. The zero-order chi connectivity index (χ0) is 21.3. The van der Waals surface area contributed by atoms with Crippen LogP contribution in [0.3, 0.4) is 0 Å². The zero-order valence-electron chi connectivity index (χ0n) is 16.5. The maximum Gasteiger partial charge on any atom is 0.318 e. The number of H-pyrrole nitrogens is 1. The lowest BCUT2D eigenvalue weighted by Gasteiger charge is -2.37. The van der Waals surface area contributed by atoms with E-state index >= 15 is 0 Å². The molecule has 8 nitrogen and oxygen atoms in total. The molecule has 30 heavy (non-hydrogen) atoms. The van der Waals surface area contributed by atoms with Gasteiger partial charge >= 0.3 is 11.1 Å². The smallest absolute Gasteiger partial charge is 0.318 e. The third kappa shape index (κ3) is 4.10. The van der Waals surface area contributed by atoms with Crippen LogP contribution in [0.5, 0.6) is 0 Å². The lowest BCUT2D eigenvalue weighted by atomic mass is 10.1. The topological polar surface area (TPSA) is 104 Å². The van der Waals surface area contributed by atoms with Gasteiger partial charge in [-0.1, -0.05) is 37.2 Å². The number of benzene rings is 1. The van der Waals surface area contributed by atoms with E-state index in [0.717, 1.165) is 18.6 Å². The highest BCUT2D eigenvalue weighted by molar-refractivity contribution is 7.99. The SMILES string of the molecule is CCCCSc1nc(N2CC(O)C2)c2[nH]c(=O)c(=O)n(Cc3ccc(F)cc3)c2n1. The predicted octanol–water partition coefficient (Wildman–Crippen LogP) is 1.74. The van der Waals surface area contributed by atoms with Crippen LogP contribution in [-0.2, 0) is 6.54 Å². The molecule has 0 atom stereocenters. The molecule has 0 saturated carbocycles. The van der Waals surface area contributed by atoms with Gasteiger partial charge in [0.1, 0.15) is 11.3 Å². The minimum atomic E-state index is -0.776. The van der Waals surface area contributed by atoms with Gasteiger partial charge in [-0.2, -0.15) is 0 Å². The van der Waals surface area contributed by atoms with E-state index in [0.29, 0.717) is 40.8 Å². The van der Waals surface area contributed by atoms with Gasteiger partial charge in [-0.05, 0) is 24.1 Å². The molecule has 2 N–H and O–H groups in total. The summed E-state index contributed by atoms with van der Waals surface area (Å²) in [5, 5.41) is 10.2. The van der Waals surface area contributed by atoms with Gasteiger partial charge in [0.05, 0.1) is 12.6 Å². The highest BCUT2D eigenvalue weighted by Crippen LogP contribution is 2.28. The Morgan fingerprint density at radius 2 is 1.97 bits per heavy atom. The Bertz CT molecular complexity index is 1170. The van der Waals surface area contributed by atoms with Crippen LogP contribution in [0.25, 0.3) is 11.2 Å². The van der Waals surface area contributed by atoms with E-state index in [4.69, 9.17) is 0 Å².